The number of rotatable bonds is 4. The van der Waals surface area contributed by atoms with E-state index in [-0.39, 0.29) is 11.4 Å². The number of anilines is 1. The lowest BCUT2D eigenvalue weighted by Crippen LogP contribution is -2.40. The van der Waals surface area contributed by atoms with E-state index in [1.54, 1.807) is 7.05 Å². The quantitative estimate of drug-likeness (QED) is 0.530. The van der Waals surface area contributed by atoms with Crippen LogP contribution >= 0.6 is 0 Å². The lowest BCUT2D eigenvalue weighted by molar-refractivity contribution is 0.0919. The number of benzene rings is 2. The largest absolute Gasteiger partial charge is 0.490 e. The summed E-state index contributed by atoms with van der Waals surface area (Å²) in [6, 6.07) is 13.3. The third kappa shape index (κ3) is 6.14. The number of guanidine groups is 1. The number of nitrogens with zero attached hydrogens (tertiary/aromatic N) is 1. The van der Waals surface area contributed by atoms with Crippen molar-refractivity contribution < 1.29 is 14.3 Å². The number of ether oxygens (including phenoxy) is 2. The molecule has 0 spiro atoms. The molecule has 1 aliphatic heterocycles. The van der Waals surface area contributed by atoms with Gasteiger partial charge >= 0.3 is 0 Å². The monoisotopic (exact) mass is 410 g/mol. The van der Waals surface area contributed by atoms with Crippen molar-refractivity contribution >= 4 is 17.6 Å². The third-order valence-electron chi connectivity index (χ3n) is 4.37. The molecule has 1 aliphatic rings. The Balaban J connectivity index is 1.61. The van der Waals surface area contributed by atoms with Gasteiger partial charge in [0.25, 0.3) is 5.91 Å². The first kappa shape index (κ1) is 21.5. The first-order valence-electron chi connectivity index (χ1n) is 10.1. The van der Waals surface area contributed by atoms with Crippen LogP contribution in [0.15, 0.2) is 47.5 Å². The first-order valence-corrected chi connectivity index (χ1v) is 10.1. The van der Waals surface area contributed by atoms with Crippen LogP contribution in [-0.4, -0.2) is 37.7 Å². The Morgan fingerprint density at radius 1 is 1.07 bits per heavy atom. The predicted molar refractivity (Wildman–Crippen MR) is 120 cm³/mol. The van der Waals surface area contributed by atoms with Gasteiger partial charge in [0, 0.05) is 42.9 Å². The average molecular weight is 411 g/mol. The molecule has 0 saturated carbocycles. The number of nitrogens with one attached hydrogen (secondary N) is 3. The molecule has 3 rings (SSSR count). The maximum Gasteiger partial charge on any atom is 0.251 e. The number of carbonyl (C=O) groups is 1. The van der Waals surface area contributed by atoms with Gasteiger partial charge in [-0.15, -0.1) is 0 Å². The Bertz CT molecular complexity index is 919. The van der Waals surface area contributed by atoms with Gasteiger partial charge in [0.2, 0.25) is 0 Å². The van der Waals surface area contributed by atoms with Gasteiger partial charge in [-0.1, -0.05) is 12.1 Å². The summed E-state index contributed by atoms with van der Waals surface area (Å²) in [4.78, 5) is 16.7. The minimum absolute atomic E-state index is 0.0842. The van der Waals surface area contributed by atoms with Gasteiger partial charge in [0.15, 0.2) is 17.5 Å². The van der Waals surface area contributed by atoms with E-state index in [1.165, 1.54) is 0 Å². The minimum atomic E-state index is -0.278. The van der Waals surface area contributed by atoms with Crippen molar-refractivity contribution in [1.29, 1.82) is 0 Å². The van der Waals surface area contributed by atoms with Crippen molar-refractivity contribution in [2.45, 2.75) is 39.3 Å². The molecule has 30 heavy (non-hydrogen) atoms. The number of hydrogen-bond donors (Lipinski definition) is 3. The van der Waals surface area contributed by atoms with E-state index in [2.05, 4.69) is 20.9 Å². The highest BCUT2D eigenvalue weighted by Gasteiger charge is 2.15. The second-order valence-electron chi connectivity index (χ2n) is 8.17. The average Bonchev–Trinajstić information content (AvgIpc) is 2.95. The van der Waals surface area contributed by atoms with Gasteiger partial charge in [-0.3, -0.25) is 9.79 Å². The van der Waals surface area contributed by atoms with E-state index in [1.807, 2.05) is 63.2 Å². The number of carbonyl (C=O) groups excluding carboxylic acids is 1. The molecular formula is C23H30N4O3. The second-order valence-corrected chi connectivity index (χ2v) is 8.17. The van der Waals surface area contributed by atoms with Crippen LogP contribution in [0.5, 0.6) is 11.5 Å². The van der Waals surface area contributed by atoms with E-state index in [4.69, 9.17) is 9.47 Å². The van der Waals surface area contributed by atoms with Crippen molar-refractivity contribution in [3.8, 4) is 11.5 Å². The van der Waals surface area contributed by atoms with E-state index in [9.17, 15) is 4.79 Å². The van der Waals surface area contributed by atoms with Crippen LogP contribution in [0.4, 0.5) is 5.69 Å². The molecule has 0 fully saturated rings. The number of aliphatic imine (C=N–C) groups is 1. The van der Waals surface area contributed by atoms with E-state index >= 15 is 0 Å². The molecule has 0 radical (unpaired) electrons. The standard InChI is InChI=1S/C23H30N4O3/c1-23(2,3)27-21(28)17-8-5-7-16(13-17)15-25-22(24-4)26-18-9-10-19-20(14-18)30-12-6-11-29-19/h5,7-10,13-14H,6,11-12,15H2,1-4H3,(H,27,28)(H2,24,25,26). The van der Waals surface area contributed by atoms with Crippen LogP contribution in [0.3, 0.4) is 0 Å². The summed E-state index contributed by atoms with van der Waals surface area (Å²) in [6.45, 7) is 7.72. The molecule has 0 unspecified atom stereocenters. The van der Waals surface area contributed by atoms with E-state index in [0.29, 0.717) is 31.3 Å². The Hall–Kier alpha value is -3.22. The van der Waals surface area contributed by atoms with Crippen LogP contribution in [-0.2, 0) is 6.54 Å². The van der Waals surface area contributed by atoms with Gasteiger partial charge < -0.3 is 25.4 Å². The summed E-state index contributed by atoms with van der Waals surface area (Å²) >= 11 is 0. The molecule has 160 valence electrons. The van der Waals surface area contributed by atoms with E-state index < -0.39 is 0 Å². The molecule has 2 aromatic carbocycles. The Kier molecular flexibility index (Phi) is 6.82. The molecule has 1 heterocycles. The lowest BCUT2D eigenvalue weighted by atomic mass is 10.1. The third-order valence-corrected chi connectivity index (χ3v) is 4.37. The van der Waals surface area contributed by atoms with Crippen LogP contribution in [0.25, 0.3) is 0 Å². The molecule has 7 heteroatoms. The Morgan fingerprint density at radius 2 is 1.83 bits per heavy atom. The van der Waals surface area contributed by atoms with Gasteiger partial charge in [-0.05, 0) is 50.6 Å². The summed E-state index contributed by atoms with van der Waals surface area (Å²) < 4.78 is 11.4. The molecule has 0 aliphatic carbocycles. The summed E-state index contributed by atoms with van der Waals surface area (Å²) in [7, 11) is 1.71. The molecule has 0 bridgehead atoms. The minimum Gasteiger partial charge on any atom is -0.490 e. The van der Waals surface area contributed by atoms with Gasteiger partial charge in [-0.2, -0.15) is 0 Å². The first-order chi connectivity index (χ1) is 14.3. The molecule has 0 atom stereocenters. The fourth-order valence-electron chi connectivity index (χ4n) is 2.98. The molecule has 0 aromatic heterocycles. The topological polar surface area (TPSA) is 84.0 Å². The molecular weight excluding hydrogens is 380 g/mol. The van der Waals surface area contributed by atoms with E-state index in [0.717, 1.165) is 29.2 Å². The fourth-order valence-corrected chi connectivity index (χ4v) is 2.98. The number of fused-ring (bicyclic) bond motifs is 1. The lowest BCUT2D eigenvalue weighted by Gasteiger charge is -2.20. The summed E-state index contributed by atoms with van der Waals surface area (Å²) in [5, 5.41) is 9.52. The molecule has 2 aromatic rings. The number of amides is 1. The second kappa shape index (κ2) is 9.52. The summed E-state index contributed by atoms with van der Waals surface area (Å²) in [5.41, 5.74) is 2.19. The molecule has 3 N–H and O–H groups in total. The maximum absolute atomic E-state index is 12.4. The molecule has 0 saturated heterocycles. The van der Waals surface area contributed by atoms with Gasteiger partial charge in [0.05, 0.1) is 13.2 Å². The highest BCUT2D eigenvalue weighted by molar-refractivity contribution is 5.95. The van der Waals surface area contributed by atoms with Gasteiger partial charge in [-0.25, -0.2) is 0 Å². The van der Waals surface area contributed by atoms with Crippen LogP contribution in [0.1, 0.15) is 43.1 Å². The Labute approximate surface area is 177 Å². The summed E-state index contributed by atoms with van der Waals surface area (Å²) in [6.07, 6.45) is 0.869. The van der Waals surface area contributed by atoms with Gasteiger partial charge in [0.1, 0.15) is 0 Å². The highest BCUT2D eigenvalue weighted by Crippen LogP contribution is 2.32. The highest BCUT2D eigenvalue weighted by atomic mass is 16.5. The fraction of sp³-hybridized carbons (Fsp3) is 0.391. The zero-order chi connectivity index (χ0) is 21.6. The summed E-state index contributed by atoms with van der Waals surface area (Å²) in [5.74, 6) is 2.02. The van der Waals surface area contributed by atoms with Crippen LogP contribution < -0.4 is 25.4 Å². The van der Waals surface area contributed by atoms with Crippen molar-refractivity contribution in [2.24, 2.45) is 4.99 Å². The Morgan fingerprint density at radius 3 is 2.57 bits per heavy atom. The molecule has 7 nitrogen and oxygen atoms in total. The van der Waals surface area contributed by atoms with Crippen molar-refractivity contribution in [3.05, 3.63) is 53.6 Å². The SMILES string of the molecule is CN=C(NCc1cccc(C(=O)NC(C)(C)C)c1)Nc1ccc2c(c1)OCCCO2. The smallest absolute Gasteiger partial charge is 0.251 e. The number of hydrogen-bond acceptors (Lipinski definition) is 4. The van der Waals surface area contributed by atoms with Crippen molar-refractivity contribution in [3.63, 3.8) is 0 Å². The zero-order valence-corrected chi connectivity index (χ0v) is 18.0. The maximum atomic E-state index is 12.4. The van der Waals surface area contributed by atoms with Crippen molar-refractivity contribution in [1.82, 2.24) is 10.6 Å². The van der Waals surface area contributed by atoms with Crippen LogP contribution in [0, 0.1) is 0 Å². The molecule has 1 amide bonds. The normalized spacial score (nSPS) is 13.9. The zero-order valence-electron chi connectivity index (χ0n) is 18.0. The van der Waals surface area contributed by atoms with Crippen molar-refractivity contribution in [2.75, 3.05) is 25.6 Å². The van der Waals surface area contributed by atoms with Crippen LogP contribution in [0.2, 0.25) is 0 Å². The predicted octanol–water partition coefficient (Wildman–Crippen LogP) is 3.56.